The molecule has 0 fully saturated rings. The lowest BCUT2D eigenvalue weighted by Crippen LogP contribution is -2.05. The zero-order valence-electron chi connectivity index (χ0n) is 10.2. The van der Waals surface area contributed by atoms with Crippen LogP contribution < -0.4 is 10.1 Å². The van der Waals surface area contributed by atoms with Crippen LogP contribution in [0.5, 0.6) is 11.5 Å². The first-order valence-electron chi connectivity index (χ1n) is 5.66. The van der Waals surface area contributed by atoms with Crippen molar-refractivity contribution in [1.29, 1.82) is 0 Å². The maximum Gasteiger partial charge on any atom is 0.165 e. The first-order chi connectivity index (χ1) is 9.10. The van der Waals surface area contributed by atoms with Gasteiger partial charge in [0.15, 0.2) is 11.6 Å². The van der Waals surface area contributed by atoms with Gasteiger partial charge in [-0.05, 0) is 42.9 Å². The maximum atomic E-state index is 13.6. The average molecular weight is 345 g/mol. The molecule has 0 radical (unpaired) electrons. The molecule has 2 aromatic rings. The average Bonchev–Trinajstić information content (AvgIpc) is 2.37. The van der Waals surface area contributed by atoms with Crippen molar-refractivity contribution in [1.82, 2.24) is 5.32 Å². The molecule has 0 heterocycles. The summed E-state index contributed by atoms with van der Waals surface area (Å²) in [5, 5.41) is 3.60. The summed E-state index contributed by atoms with van der Waals surface area (Å²) in [6.07, 6.45) is 0. The first kappa shape index (κ1) is 14.3. The van der Waals surface area contributed by atoms with E-state index in [1.54, 1.807) is 24.3 Å². The third-order valence-corrected chi connectivity index (χ3v) is 3.36. The molecule has 0 spiro atoms. The molecule has 100 valence electrons. The van der Waals surface area contributed by atoms with Gasteiger partial charge in [-0.25, -0.2) is 4.39 Å². The molecule has 0 aliphatic rings. The Morgan fingerprint density at radius 2 is 2.05 bits per heavy atom. The first-order valence-corrected chi connectivity index (χ1v) is 6.83. The minimum atomic E-state index is -0.418. The van der Waals surface area contributed by atoms with Crippen molar-refractivity contribution in [2.24, 2.45) is 0 Å². The molecule has 2 nitrogen and oxygen atoms in total. The Balaban J connectivity index is 2.24. The summed E-state index contributed by atoms with van der Waals surface area (Å²) in [7, 11) is 1.84. The van der Waals surface area contributed by atoms with E-state index in [1.165, 1.54) is 6.07 Å². The van der Waals surface area contributed by atoms with Crippen LogP contribution in [-0.4, -0.2) is 7.05 Å². The fourth-order valence-corrected chi connectivity index (χ4v) is 2.19. The molecule has 2 aromatic carbocycles. The van der Waals surface area contributed by atoms with Crippen LogP contribution in [0.2, 0.25) is 5.02 Å². The van der Waals surface area contributed by atoms with Gasteiger partial charge in [-0.15, -0.1) is 0 Å². The molecule has 0 saturated heterocycles. The quantitative estimate of drug-likeness (QED) is 0.864. The number of benzene rings is 2. The van der Waals surface area contributed by atoms with E-state index < -0.39 is 5.82 Å². The third kappa shape index (κ3) is 3.69. The van der Waals surface area contributed by atoms with Crippen molar-refractivity contribution in [2.75, 3.05) is 7.05 Å². The minimum Gasteiger partial charge on any atom is -0.454 e. The van der Waals surface area contributed by atoms with Crippen molar-refractivity contribution >= 4 is 27.5 Å². The van der Waals surface area contributed by atoms with Gasteiger partial charge >= 0.3 is 0 Å². The van der Waals surface area contributed by atoms with Gasteiger partial charge in [0.1, 0.15) is 5.75 Å². The number of halogens is 3. The van der Waals surface area contributed by atoms with Crippen LogP contribution in [0, 0.1) is 5.82 Å². The molecule has 19 heavy (non-hydrogen) atoms. The lowest BCUT2D eigenvalue weighted by atomic mass is 10.2. The lowest BCUT2D eigenvalue weighted by molar-refractivity contribution is 0.441. The Morgan fingerprint density at radius 1 is 1.26 bits per heavy atom. The van der Waals surface area contributed by atoms with Gasteiger partial charge < -0.3 is 10.1 Å². The molecule has 0 bridgehead atoms. The van der Waals surface area contributed by atoms with Gasteiger partial charge in [0, 0.05) is 16.0 Å². The van der Waals surface area contributed by atoms with Crippen molar-refractivity contribution in [3.05, 3.63) is 57.3 Å². The number of ether oxygens (including phenoxy) is 1. The second-order valence-electron chi connectivity index (χ2n) is 3.96. The van der Waals surface area contributed by atoms with E-state index in [2.05, 4.69) is 21.2 Å². The molecule has 5 heteroatoms. The normalized spacial score (nSPS) is 10.5. The number of rotatable bonds is 4. The lowest BCUT2D eigenvalue weighted by Gasteiger charge is -2.09. The van der Waals surface area contributed by atoms with Gasteiger partial charge in [-0.3, -0.25) is 0 Å². The second kappa shape index (κ2) is 6.37. The Morgan fingerprint density at radius 3 is 2.74 bits per heavy atom. The summed E-state index contributed by atoms with van der Waals surface area (Å²) in [6, 6.07) is 9.82. The summed E-state index contributed by atoms with van der Waals surface area (Å²) in [4.78, 5) is 0. The largest absolute Gasteiger partial charge is 0.454 e. The molecule has 0 atom stereocenters. The smallest absolute Gasteiger partial charge is 0.165 e. The van der Waals surface area contributed by atoms with Crippen LogP contribution in [0.4, 0.5) is 4.39 Å². The Kier molecular flexibility index (Phi) is 4.80. The monoisotopic (exact) mass is 343 g/mol. The Hall–Kier alpha value is -1.10. The second-order valence-corrected chi connectivity index (χ2v) is 5.28. The summed E-state index contributed by atoms with van der Waals surface area (Å²) in [5.74, 6) is 0.243. The maximum absolute atomic E-state index is 13.6. The van der Waals surface area contributed by atoms with Crippen molar-refractivity contribution in [3.8, 4) is 11.5 Å². The number of hydrogen-bond donors (Lipinski definition) is 1. The van der Waals surface area contributed by atoms with E-state index in [0.717, 1.165) is 10.0 Å². The van der Waals surface area contributed by atoms with Crippen LogP contribution in [0.15, 0.2) is 40.9 Å². The fraction of sp³-hybridized carbons (Fsp3) is 0.143. The molecule has 1 N–H and O–H groups in total. The fourth-order valence-electron chi connectivity index (χ4n) is 1.61. The zero-order chi connectivity index (χ0) is 13.8. The molecule has 0 aliphatic heterocycles. The molecular formula is C14H12BrClFNO. The highest BCUT2D eigenvalue weighted by Gasteiger charge is 2.07. The van der Waals surface area contributed by atoms with E-state index in [1.807, 2.05) is 13.1 Å². The molecule has 2 rings (SSSR count). The standard InChI is InChI=1S/C14H12BrClFNO/c1-18-8-9-2-4-11(7-12(9)16)19-14-6-10(15)3-5-13(14)17/h2-7,18H,8H2,1H3. The Bertz CT molecular complexity index is 592. The molecule has 0 aromatic heterocycles. The van der Waals surface area contributed by atoms with Crippen molar-refractivity contribution in [2.45, 2.75) is 6.54 Å². The van der Waals surface area contributed by atoms with E-state index in [4.69, 9.17) is 16.3 Å². The molecule has 0 aliphatic carbocycles. The molecule has 0 unspecified atom stereocenters. The number of hydrogen-bond acceptors (Lipinski definition) is 2. The van der Waals surface area contributed by atoms with Gasteiger partial charge in [0.05, 0.1) is 0 Å². The SMILES string of the molecule is CNCc1ccc(Oc2cc(Br)ccc2F)cc1Cl. The third-order valence-electron chi connectivity index (χ3n) is 2.51. The van der Waals surface area contributed by atoms with E-state index in [9.17, 15) is 4.39 Å². The summed E-state index contributed by atoms with van der Waals surface area (Å²) in [6.45, 7) is 0.671. The molecule has 0 amide bonds. The molecule has 0 saturated carbocycles. The van der Waals surface area contributed by atoms with Gasteiger partial charge in [0.25, 0.3) is 0 Å². The predicted molar refractivity (Wildman–Crippen MR) is 78.4 cm³/mol. The minimum absolute atomic E-state index is 0.159. The van der Waals surface area contributed by atoms with Crippen LogP contribution >= 0.6 is 27.5 Å². The van der Waals surface area contributed by atoms with E-state index in [0.29, 0.717) is 17.3 Å². The number of nitrogens with one attached hydrogen (secondary N) is 1. The van der Waals surface area contributed by atoms with Crippen molar-refractivity contribution < 1.29 is 9.13 Å². The van der Waals surface area contributed by atoms with Crippen LogP contribution in [0.1, 0.15) is 5.56 Å². The van der Waals surface area contributed by atoms with Crippen molar-refractivity contribution in [3.63, 3.8) is 0 Å². The van der Waals surface area contributed by atoms with Crippen LogP contribution in [0.25, 0.3) is 0 Å². The van der Waals surface area contributed by atoms with Gasteiger partial charge in [0.2, 0.25) is 0 Å². The van der Waals surface area contributed by atoms with E-state index in [-0.39, 0.29) is 5.75 Å². The van der Waals surface area contributed by atoms with Crippen LogP contribution in [0.3, 0.4) is 0 Å². The molecular weight excluding hydrogens is 333 g/mol. The zero-order valence-corrected chi connectivity index (χ0v) is 12.6. The topological polar surface area (TPSA) is 21.3 Å². The van der Waals surface area contributed by atoms with E-state index >= 15 is 0 Å². The summed E-state index contributed by atoms with van der Waals surface area (Å²) < 4.78 is 19.8. The van der Waals surface area contributed by atoms with Crippen LogP contribution in [-0.2, 0) is 6.54 Å². The highest BCUT2D eigenvalue weighted by molar-refractivity contribution is 9.10. The highest BCUT2D eigenvalue weighted by atomic mass is 79.9. The van der Waals surface area contributed by atoms with Gasteiger partial charge in [-0.2, -0.15) is 0 Å². The summed E-state index contributed by atoms with van der Waals surface area (Å²) in [5.41, 5.74) is 0.964. The van der Waals surface area contributed by atoms with Gasteiger partial charge in [-0.1, -0.05) is 33.6 Å². The predicted octanol–water partition coefficient (Wildman–Crippen LogP) is 4.75. The summed E-state index contributed by atoms with van der Waals surface area (Å²) >= 11 is 9.40. The highest BCUT2D eigenvalue weighted by Crippen LogP contribution is 2.30. The Labute approximate surface area is 124 Å².